The van der Waals surface area contributed by atoms with E-state index in [-0.39, 0.29) is 23.0 Å². The van der Waals surface area contributed by atoms with Crippen molar-refractivity contribution in [1.29, 1.82) is 0 Å². The molecule has 1 N–H and O–H groups in total. The number of allylic oxidation sites excluding steroid dienone is 3. The van der Waals surface area contributed by atoms with E-state index in [0.29, 0.717) is 11.5 Å². The van der Waals surface area contributed by atoms with Crippen LogP contribution in [-0.2, 0) is 9.84 Å². The summed E-state index contributed by atoms with van der Waals surface area (Å²) in [5.74, 6) is 0.513. The molecule has 0 fully saturated rings. The molecule has 0 amide bonds. The maximum atomic E-state index is 13.4. The summed E-state index contributed by atoms with van der Waals surface area (Å²) >= 11 is 5.27. The van der Waals surface area contributed by atoms with E-state index in [4.69, 9.17) is 12.2 Å². The smallest absolute Gasteiger partial charge is 0.366 e. The maximum absolute atomic E-state index is 13.4. The molecule has 206 valence electrons. The van der Waals surface area contributed by atoms with E-state index in [9.17, 15) is 21.6 Å². The number of hydrogen-bond acceptors (Lipinski definition) is 4. The molecule has 0 saturated carbocycles. The summed E-state index contributed by atoms with van der Waals surface area (Å²) in [6.07, 6.45) is 2.11. The van der Waals surface area contributed by atoms with Crippen molar-refractivity contribution in [3.63, 3.8) is 0 Å². The number of sulfone groups is 1. The summed E-state index contributed by atoms with van der Waals surface area (Å²) in [4.78, 5) is 4.49. The van der Waals surface area contributed by atoms with Crippen molar-refractivity contribution in [1.82, 2.24) is 14.9 Å². The molecule has 0 saturated heterocycles. The largest absolute Gasteiger partial charge is 0.405 e. The molecule has 4 rings (SSSR count). The molecule has 1 aromatic heterocycles. The summed E-state index contributed by atoms with van der Waals surface area (Å²) in [6, 6.07) is 17.1. The molecule has 3 aromatic rings. The van der Waals surface area contributed by atoms with Gasteiger partial charge in [-0.2, -0.15) is 13.2 Å². The van der Waals surface area contributed by atoms with Gasteiger partial charge >= 0.3 is 6.18 Å². The predicted octanol–water partition coefficient (Wildman–Crippen LogP) is 6.63. The van der Waals surface area contributed by atoms with Crippen LogP contribution < -0.4 is 5.32 Å². The van der Waals surface area contributed by atoms with Crippen LogP contribution >= 0.6 is 12.2 Å². The highest BCUT2D eigenvalue weighted by Crippen LogP contribution is 2.44. The van der Waals surface area contributed by atoms with E-state index < -0.39 is 27.3 Å². The number of rotatable bonds is 7. The lowest BCUT2D eigenvalue weighted by Gasteiger charge is -2.35. The third-order valence-corrected chi connectivity index (χ3v) is 9.29. The molecular formula is C29H30F3N3O2S2. The SMILES string of the molecule is CC(C)c1ccccc1-c1nc(C(=S)NCC(F)(F)F)cn1C1=CC=C(c2ccccc2)CC1(C)S(C)(=O)=O. The Balaban J connectivity index is 1.95. The van der Waals surface area contributed by atoms with Crippen molar-refractivity contribution in [3.05, 3.63) is 89.8 Å². The standard InChI is InChI=1S/C29H30F3N3O2S2/c1-19(2)22-12-8-9-13-23(22)26-34-24(27(38)33-18-29(30,31)32)17-35(26)25-15-14-21(20-10-6-5-7-11-20)16-28(25,3)39(4,36)37/h5-15,17,19H,16,18H2,1-4H3,(H,33,38). The van der Waals surface area contributed by atoms with Crippen LogP contribution in [0, 0.1) is 0 Å². The summed E-state index contributed by atoms with van der Waals surface area (Å²) in [7, 11) is -3.68. The van der Waals surface area contributed by atoms with Gasteiger partial charge in [0.05, 0.1) is 0 Å². The average Bonchev–Trinajstić information content (AvgIpc) is 3.31. The summed E-state index contributed by atoms with van der Waals surface area (Å²) in [5, 5.41) is 2.23. The molecule has 1 heterocycles. The van der Waals surface area contributed by atoms with Crippen LogP contribution in [0.3, 0.4) is 0 Å². The zero-order chi connectivity index (χ0) is 28.6. The minimum atomic E-state index is -4.46. The first kappa shape index (κ1) is 28.8. The molecule has 10 heteroatoms. The molecule has 0 radical (unpaired) electrons. The van der Waals surface area contributed by atoms with Gasteiger partial charge in [-0.1, -0.05) is 86.7 Å². The Morgan fingerprint density at radius 2 is 1.74 bits per heavy atom. The van der Waals surface area contributed by atoms with Crippen molar-refractivity contribution in [3.8, 4) is 11.4 Å². The molecule has 0 bridgehead atoms. The van der Waals surface area contributed by atoms with Gasteiger partial charge in [-0.05, 0) is 42.0 Å². The van der Waals surface area contributed by atoms with E-state index in [2.05, 4.69) is 10.3 Å². The molecule has 0 spiro atoms. The Morgan fingerprint density at radius 1 is 1.10 bits per heavy atom. The molecule has 1 unspecified atom stereocenters. The second-order valence-electron chi connectivity index (χ2n) is 10.1. The van der Waals surface area contributed by atoms with Crippen molar-refractivity contribution in [2.75, 3.05) is 12.8 Å². The van der Waals surface area contributed by atoms with Gasteiger partial charge in [-0.3, -0.25) is 0 Å². The van der Waals surface area contributed by atoms with Crippen molar-refractivity contribution in [2.24, 2.45) is 0 Å². The molecule has 2 aromatic carbocycles. The number of aromatic nitrogens is 2. The van der Waals surface area contributed by atoms with Crippen LogP contribution in [0.2, 0.25) is 0 Å². The quantitative estimate of drug-likeness (QED) is 0.322. The number of alkyl halides is 3. The Kier molecular flexibility index (Phi) is 7.91. The van der Waals surface area contributed by atoms with Crippen LogP contribution in [0.1, 0.15) is 49.9 Å². The highest BCUT2D eigenvalue weighted by atomic mass is 32.2. The summed E-state index contributed by atoms with van der Waals surface area (Å²) in [5.41, 5.74) is 4.04. The Bertz CT molecular complexity index is 1560. The molecular weight excluding hydrogens is 543 g/mol. The van der Waals surface area contributed by atoms with Crippen LogP contribution in [0.4, 0.5) is 13.2 Å². The fourth-order valence-electron chi connectivity index (χ4n) is 4.71. The first-order chi connectivity index (χ1) is 18.2. The van der Waals surface area contributed by atoms with Gasteiger partial charge in [-0.25, -0.2) is 13.4 Å². The normalized spacial score (nSPS) is 18.1. The zero-order valence-corrected chi connectivity index (χ0v) is 23.7. The van der Waals surface area contributed by atoms with E-state index in [1.807, 2.05) is 74.5 Å². The first-order valence-corrected chi connectivity index (χ1v) is 14.7. The predicted molar refractivity (Wildman–Crippen MR) is 154 cm³/mol. The topological polar surface area (TPSA) is 64.0 Å². The minimum absolute atomic E-state index is 0.108. The Morgan fingerprint density at radius 3 is 2.36 bits per heavy atom. The number of hydrogen-bond donors (Lipinski definition) is 1. The lowest BCUT2D eigenvalue weighted by Crippen LogP contribution is -2.39. The number of benzene rings is 2. The van der Waals surface area contributed by atoms with Gasteiger partial charge in [-0.15, -0.1) is 0 Å². The van der Waals surface area contributed by atoms with Gasteiger partial charge < -0.3 is 9.88 Å². The van der Waals surface area contributed by atoms with Gasteiger partial charge in [0.25, 0.3) is 0 Å². The fraction of sp³-hybridized carbons (Fsp3) is 0.310. The Labute approximate surface area is 232 Å². The van der Waals surface area contributed by atoms with Crippen LogP contribution in [0.5, 0.6) is 0 Å². The zero-order valence-electron chi connectivity index (χ0n) is 22.1. The van der Waals surface area contributed by atoms with E-state index in [0.717, 1.165) is 22.3 Å². The lowest BCUT2D eigenvalue weighted by molar-refractivity contribution is -0.121. The van der Waals surface area contributed by atoms with Gasteiger partial charge in [0.1, 0.15) is 27.8 Å². The fourth-order valence-corrected chi connectivity index (χ4v) is 5.85. The Hall–Kier alpha value is -3.24. The third kappa shape index (κ3) is 6.01. The molecule has 1 atom stereocenters. The molecule has 1 aliphatic rings. The molecule has 39 heavy (non-hydrogen) atoms. The highest BCUT2D eigenvalue weighted by molar-refractivity contribution is 7.92. The van der Waals surface area contributed by atoms with Gasteiger partial charge in [0.2, 0.25) is 0 Å². The van der Waals surface area contributed by atoms with Gasteiger partial charge in [0.15, 0.2) is 9.84 Å². The number of imidazole rings is 1. The lowest BCUT2D eigenvalue weighted by atomic mass is 9.87. The minimum Gasteiger partial charge on any atom is -0.366 e. The number of nitrogens with one attached hydrogen (secondary N) is 1. The van der Waals surface area contributed by atoms with E-state index >= 15 is 0 Å². The highest BCUT2D eigenvalue weighted by Gasteiger charge is 2.44. The van der Waals surface area contributed by atoms with Crippen LogP contribution in [0.15, 0.2) is 72.9 Å². The molecule has 1 aliphatic carbocycles. The van der Waals surface area contributed by atoms with Crippen molar-refractivity contribution < 1.29 is 21.6 Å². The number of nitrogens with zero attached hydrogens (tertiary/aromatic N) is 2. The van der Waals surface area contributed by atoms with Gasteiger partial charge in [0, 0.05) is 23.7 Å². The molecule has 0 aliphatic heterocycles. The van der Waals surface area contributed by atoms with Crippen molar-refractivity contribution >= 4 is 38.3 Å². The summed E-state index contributed by atoms with van der Waals surface area (Å²) < 4.78 is 65.8. The summed E-state index contributed by atoms with van der Waals surface area (Å²) in [6.45, 7) is 4.42. The monoisotopic (exact) mass is 573 g/mol. The third-order valence-electron chi connectivity index (χ3n) is 6.95. The molecule has 5 nitrogen and oxygen atoms in total. The number of halogens is 3. The average molecular weight is 574 g/mol. The van der Waals surface area contributed by atoms with E-state index in [1.54, 1.807) is 17.6 Å². The maximum Gasteiger partial charge on any atom is 0.405 e. The second-order valence-corrected chi connectivity index (χ2v) is 13.0. The first-order valence-electron chi connectivity index (χ1n) is 12.4. The van der Waals surface area contributed by atoms with Crippen LogP contribution in [0.25, 0.3) is 22.7 Å². The van der Waals surface area contributed by atoms with Crippen molar-refractivity contribution in [2.45, 2.75) is 44.0 Å². The second kappa shape index (κ2) is 10.7. The van der Waals surface area contributed by atoms with Crippen LogP contribution in [-0.4, -0.2) is 46.7 Å². The van der Waals surface area contributed by atoms with E-state index in [1.165, 1.54) is 12.5 Å². The number of thiocarbonyl (C=S) groups is 1.